The minimum Gasteiger partial charge on any atom is -0.369 e. The summed E-state index contributed by atoms with van der Waals surface area (Å²) in [6, 6.07) is 10.6. The van der Waals surface area contributed by atoms with Crippen LogP contribution < -0.4 is 10.6 Å². The molecule has 1 atom stereocenters. The van der Waals surface area contributed by atoms with Crippen LogP contribution in [0.3, 0.4) is 0 Å². The van der Waals surface area contributed by atoms with E-state index >= 15 is 0 Å². The third-order valence-corrected chi connectivity index (χ3v) is 3.44. The average Bonchev–Trinajstić information content (AvgIpc) is 2.54. The summed E-state index contributed by atoms with van der Waals surface area (Å²) in [5, 5.41) is 6.59. The first-order valence-corrected chi connectivity index (χ1v) is 7.64. The fourth-order valence-electron chi connectivity index (χ4n) is 2.15. The summed E-state index contributed by atoms with van der Waals surface area (Å²) in [6.45, 7) is 6.20. The molecule has 1 aromatic heterocycles. The van der Waals surface area contributed by atoms with Gasteiger partial charge in [0.1, 0.15) is 11.6 Å². The number of nitrogens with one attached hydrogen (secondary N) is 2. The van der Waals surface area contributed by atoms with E-state index in [9.17, 15) is 0 Å². The Morgan fingerprint density at radius 3 is 2.33 bits per heavy atom. The molecule has 112 valence electrons. The predicted molar refractivity (Wildman–Crippen MR) is 88.8 cm³/mol. The Balaban J connectivity index is 1.80. The number of rotatable bonds is 8. The molecule has 0 bridgehead atoms. The molecule has 21 heavy (non-hydrogen) atoms. The summed E-state index contributed by atoms with van der Waals surface area (Å²) in [7, 11) is 0. The molecule has 2 aromatic rings. The van der Waals surface area contributed by atoms with Crippen LogP contribution >= 0.6 is 0 Å². The van der Waals surface area contributed by atoms with Gasteiger partial charge in [0.15, 0.2) is 0 Å². The van der Waals surface area contributed by atoms with Crippen LogP contribution in [0.4, 0.5) is 11.6 Å². The Hall–Kier alpha value is -2.10. The van der Waals surface area contributed by atoms with E-state index in [4.69, 9.17) is 0 Å². The van der Waals surface area contributed by atoms with Gasteiger partial charge in [-0.3, -0.25) is 4.98 Å². The monoisotopic (exact) mass is 284 g/mol. The summed E-state index contributed by atoms with van der Waals surface area (Å²) in [4.78, 5) is 8.70. The van der Waals surface area contributed by atoms with Gasteiger partial charge in [-0.25, -0.2) is 4.98 Å². The van der Waals surface area contributed by atoms with Gasteiger partial charge in [0.05, 0.1) is 12.4 Å². The number of benzene rings is 1. The van der Waals surface area contributed by atoms with E-state index in [0.717, 1.165) is 37.6 Å². The second-order valence-electron chi connectivity index (χ2n) is 5.24. The highest BCUT2D eigenvalue weighted by Gasteiger charge is 2.05. The lowest BCUT2D eigenvalue weighted by Gasteiger charge is -2.13. The maximum absolute atomic E-state index is 4.50. The number of aromatic nitrogens is 2. The quantitative estimate of drug-likeness (QED) is 0.772. The van der Waals surface area contributed by atoms with E-state index in [0.29, 0.717) is 5.92 Å². The third kappa shape index (κ3) is 5.06. The summed E-state index contributed by atoms with van der Waals surface area (Å²) < 4.78 is 0. The summed E-state index contributed by atoms with van der Waals surface area (Å²) in [5.41, 5.74) is 1.38. The fraction of sp³-hybridized carbons (Fsp3) is 0.412. The first-order valence-electron chi connectivity index (χ1n) is 7.64. The zero-order valence-corrected chi connectivity index (χ0v) is 12.8. The molecule has 0 spiro atoms. The average molecular weight is 284 g/mol. The highest BCUT2D eigenvalue weighted by molar-refractivity contribution is 5.41. The molecule has 0 fully saturated rings. The van der Waals surface area contributed by atoms with Crippen molar-refractivity contribution in [3.05, 3.63) is 48.3 Å². The molecule has 1 aromatic carbocycles. The zero-order valence-electron chi connectivity index (χ0n) is 12.8. The van der Waals surface area contributed by atoms with Gasteiger partial charge in [0.2, 0.25) is 0 Å². The van der Waals surface area contributed by atoms with Gasteiger partial charge in [-0.1, -0.05) is 44.2 Å². The number of nitrogens with zero attached hydrogens (tertiary/aromatic N) is 2. The first kappa shape index (κ1) is 15.3. The molecule has 1 heterocycles. The van der Waals surface area contributed by atoms with E-state index < -0.39 is 0 Å². The van der Waals surface area contributed by atoms with Crippen LogP contribution in [0.1, 0.15) is 38.2 Å². The van der Waals surface area contributed by atoms with Crippen molar-refractivity contribution in [1.82, 2.24) is 9.97 Å². The second-order valence-corrected chi connectivity index (χ2v) is 5.24. The Morgan fingerprint density at radius 2 is 1.67 bits per heavy atom. The van der Waals surface area contributed by atoms with Gasteiger partial charge in [0.25, 0.3) is 0 Å². The van der Waals surface area contributed by atoms with Crippen molar-refractivity contribution in [3.8, 4) is 0 Å². The van der Waals surface area contributed by atoms with E-state index in [1.807, 2.05) is 0 Å². The highest BCUT2D eigenvalue weighted by atomic mass is 15.1. The standard InChI is InChI=1S/C17H24N4/c1-3-10-19-16-12-18-13-17(21-16)20-11-9-14(2)15-7-5-4-6-8-15/h4-8,12-14H,3,9-11H2,1-2H3,(H2,19,20,21). The van der Waals surface area contributed by atoms with E-state index in [2.05, 4.69) is 64.8 Å². The largest absolute Gasteiger partial charge is 0.369 e. The summed E-state index contributed by atoms with van der Waals surface area (Å²) in [6.07, 6.45) is 5.67. The summed E-state index contributed by atoms with van der Waals surface area (Å²) in [5.74, 6) is 2.20. The lowest BCUT2D eigenvalue weighted by atomic mass is 9.98. The Labute approximate surface area is 127 Å². The molecule has 0 amide bonds. The Bertz CT molecular complexity index is 527. The van der Waals surface area contributed by atoms with Crippen LogP contribution in [-0.4, -0.2) is 23.1 Å². The van der Waals surface area contributed by atoms with Crippen molar-refractivity contribution in [3.63, 3.8) is 0 Å². The molecule has 0 aliphatic heterocycles. The lowest BCUT2D eigenvalue weighted by molar-refractivity contribution is 0.704. The van der Waals surface area contributed by atoms with Crippen molar-refractivity contribution in [2.75, 3.05) is 23.7 Å². The number of hydrogen-bond donors (Lipinski definition) is 2. The van der Waals surface area contributed by atoms with Gasteiger partial charge in [-0.2, -0.15) is 0 Å². The molecule has 1 unspecified atom stereocenters. The van der Waals surface area contributed by atoms with Gasteiger partial charge >= 0.3 is 0 Å². The second kappa shape index (κ2) is 8.25. The van der Waals surface area contributed by atoms with Crippen LogP contribution in [0, 0.1) is 0 Å². The number of anilines is 2. The van der Waals surface area contributed by atoms with Crippen molar-refractivity contribution in [2.24, 2.45) is 0 Å². The molecule has 0 aliphatic carbocycles. The van der Waals surface area contributed by atoms with Gasteiger partial charge in [-0.15, -0.1) is 0 Å². The minimum absolute atomic E-state index is 0.535. The molecule has 2 N–H and O–H groups in total. The minimum atomic E-state index is 0.535. The predicted octanol–water partition coefficient (Wildman–Crippen LogP) is 3.90. The maximum atomic E-state index is 4.50. The molecule has 0 saturated carbocycles. The third-order valence-electron chi connectivity index (χ3n) is 3.44. The highest BCUT2D eigenvalue weighted by Crippen LogP contribution is 2.18. The summed E-state index contributed by atoms with van der Waals surface area (Å²) >= 11 is 0. The molecular formula is C17H24N4. The van der Waals surface area contributed by atoms with Crippen LogP contribution in [0.5, 0.6) is 0 Å². The van der Waals surface area contributed by atoms with Crippen molar-refractivity contribution in [1.29, 1.82) is 0 Å². The normalized spacial score (nSPS) is 11.9. The van der Waals surface area contributed by atoms with E-state index in [1.54, 1.807) is 12.4 Å². The molecule has 4 heteroatoms. The van der Waals surface area contributed by atoms with Gasteiger partial charge < -0.3 is 10.6 Å². The topological polar surface area (TPSA) is 49.8 Å². The molecule has 0 radical (unpaired) electrons. The van der Waals surface area contributed by atoms with Crippen molar-refractivity contribution in [2.45, 2.75) is 32.6 Å². The maximum Gasteiger partial charge on any atom is 0.146 e. The van der Waals surface area contributed by atoms with Gasteiger partial charge in [-0.05, 0) is 24.3 Å². The van der Waals surface area contributed by atoms with Crippen LogP contribution in [0.2, 0.25) is 0 Å². The molecule has 0 aliphatic rings. The molecular weight excluding hydrogens is 260 g/mol. The zero-order chi connectivity index (χ0) is 14.9. The Kier molecular flexibility index (Phi) is 6.00. The van der Waals surface area contributed by atoms with Gasteiger partial charge in [0, 0.05) is 13.1 Å². The smallest absolute Gasteiger partial charge is 0.146 e. The van der Waals surface area contributed by atoms with E-state index in [-0.39, 0.29) is 0 Å². The van der Waals surface area contributed by atoms with Crippen LogP contribution in [0.25, 0.3) is 0 Å². The van der Waals surface area contributed by atoms with E-state index in [1.165, 1.54) is 5.56 Å². The Morgan fingerprint density at radius 1 is 1.00 bits per heavy atom. The molecule has 4 nitrogen and oxygen atoms in total. The van der Waals surface area contributed by atoms with Crippen LogP contribution in [0.15, 0.2) is 42.7 Å². The van der Waals surface area contributed by atoms with Crippen LogP contribution in [-0.2, 0) is 0 Å². The molecule has 0 saturated heterocycles. The first-order chi connectivity index (χ1) is 10.3. The number of hydrogen-bond acceptors (Lipinski definition) is 4. The SMILES string of the molecule is CCCNc1cncc(NCCC(C)c2ccccc2)n1. The van der Waals surface area contributed by atoms with Crippen molar-refractivity contribution >= 4 is 11.6 Å². The van der Waals surface area contributed by atoms with Crippen molar-refractivity contribution < 1.29 is 0 Å². The lowest BCUT2D eigenvalue weighted by Crippen LogP contribution is -2.09. The molecule has 2 rings (SSSR count). The fourth-order valence-corrected chi connectivity index (χ4v) is 2.15.